The average Bonchev–Trinajstić information content (AvgIpc) is 2.59. The molecule has 1 rings (SSSR count). The summed E-state index contributed by atoms with van der Waals surface area (Å²) in [6.45, 7) is 5.33. The molecule has 1 fully saturated rings. The van der Waals surface area contributed by atoms with Crippen LogP contribution in [0.25, 0.3) is 0 Å². The highest BCUT2D eigenvalue weighted by atomic mass is 16.9. The molecule has 154 valence electrons. The van der Waals surface area contributed by atoms with Crippen molar-refractivity contribution in [3.05, 3.63) is 22.3 Å². The van der Waals surface area contributed by atoms with Gasteiger partial charge in [-0.3, -0.25) is 4.79 Å². The van der Waals surface area contributed by atoms with E-state index in [1.54, 1.807) is 0 Å². The minimum atomic E-state index is -1.26. The Bertz CT molecular complexity index is 500. The summed E-state index contributed by atoms with van der Waals surface area (Å²) in [4.78, 5) is 47.2. The smallest absolute Gasteiger partial charge is 0.328 e. The number of hydrogen-bond acceptors (Lipinski definition) is 7. The predicted octanol–water partition coefficient (Wildman–Crippen LogP) is 0.677. The number of carboxylic acid groups (broad SMARTS) is 2. The highest BCUT2D eigenvalue weighted by Gasteiger charge is 2.19. The predicted molar refractivity (Wildman–Crippen MR) is 94.5 cm³/mol. The van der Waals surface area contributed by atoms with E-state index in [9.17, 15) is 24.5 Å². The fourth-order valence-corrected chi connectivity index (χ4v) is 2.43. The third-order valence-corrected chi connectivity index (χ3v) is 3.61. The van der Waals surface area contributed by atoms with Gasteiger partial charge in [-0.2, -0.15) is 0 Å². The van der Waals surface area contributed by atoms with Crippen LogP contribution in [-0.2, 0) is 19.2 Å². The SMILES string of the molecule is CCCN1CCC(NC(=O)CCCO[N+](=O)[O-])CC1.O=C(O)/C=C/C(=O)O. The van der Waals surface area contributed by atoms with Crippen LogP contribution < -0.4 is 5.32 Å². The molecule has 1 aliphatic rings. The molecule has 0 radical (unpaired) electrons. The first-order valence-corrected chi connectivity index (χ1v) is 8.67. The number of carboxylic acids is 2. The second-order valence-electron chi connectivity index (χ2n) is 5.85. The zero-order valence-corrected chi connectivity index (χ0v) is 15.3. The number of likely N-dealkylation sites (tertiary alicyclic amines) is 1. The lowest BCUT2D eigenvalue weighted by molar-refractivity contribution is -0.757. The first-order chi connectivity index (χ1) is 12.7. The van der Waals surface area contributed by atoms with E-state index >= 15 is 0 Å². The number of carbonyl (C=O) groups excluding carboxylic acids is 1. The normalized spacial score (nSPS) is 14.9. The van der Waals surface area contributed by atoms with Gasteiger partial charge in [-0.25, -0.2) is 9.59 Å². The van der Waals surface area contributed by atoms with Crippen LogP contribution in [0.15, 0.2) is 12.2 Å². The van der Waals surface area contributed by atoms with Gasteiger partial charge in [0, 0.05) is 37.7 Å². The number of rotatable bonds is 10. The van der Waals surface area contributed by atoms with Gasteiger partial charge in [0.1, 0.15) is 0 Å². The zero-order valence-electron chi connectivity index (χ0n) is 15.3. The van der Waals surface area contributed by atoms with E-state index in [2.05, 4.69) is 22.0 Å². The Hall–Kier alpha value is -2.69. The maximum Gasteiger partial charge on any atom is 0.328 e. The quantitative estimate of drug-likeness (QED) is 0.211. The summed E-state index contributed by atoms with van der Waals surface area (Å²) in [6, 6.07) is 0.247. The summed E-state index contributed by atoms with van der Waals surface area (Å²) in [6.07, 6.45) is 4.90. The van der Waals surface area contributed by atoms with Gasteiger partial charge in [-0.05, 0) is 32.2 Å². The molecule has 0 aromatic heterocycles. The largest absolute Gasteiger partial charge is 0.478 e. The minimum Gasteiger partial charge on any atom is -0.478 e. The van der Waals surface area contributed by atoms with E-state index in [4.69, 9.17) is 10.2 Å². The van der Waals surface area contributed by atoms with Gasteiger partial charge in [-0.1, -0.05) is 6.92 Å². The topological polar surface area (TPSA) is 159 Å². The first-order valence-electron chi connectivity index (χ1n) is 8.67. The maximum absolute atomic E-state index is 11.6. The Kier molecular flexibility index (Phi) is 13.0. The molecule has 3 N–H and O–H groups in total. The van der Waals surface area contributed by atoms with Crippen molar-refractivity contribution in [3.8, 4) is 0 Å². The molecule has 0 aliphatic carbocycles. The molecular formula is C16H27N3O8. The van der Waals surface area contributed by atoms with Gasteiger partial charge >= 0.3 is 11.9 Å². The summed E-state index contributed by atoms with van der Waals surface area (Å²) in [5.74, 6) is -2.55. The molecule has 27 heavy (non-hydrogen) atoms. The Morgan fingerprint density at radius 3 is 2.22 bits per heavy atom. The molecule has 0 aromatic rings. The van der Waals surface area contributed by atoms with Crippen LogP contribution in [-0.4, -0.2) is 70.3 Å². The van der Waals surface area contributed by atoms with Crippen molar-refractivity contribution in [2.75, 3.05) is 26.2 Å². The van der Waals surface area contributed by atoms with Crippen molar-refractivity contribution in [2.45, 2.75) is 45.1 Å². The number of carbonyl (C=O) groups is 3. The number of aliphatic carboxylic acids is 2. The van der Waals surface area contributed by atoms with Gasteiger partial charge in [0.15, 0.2) is 0 Å². The first kappa shape index (κ1) is 24.3. The molecule has 1 saturated heterocycles. The van der Waals surface area contributed by atoms with Crippen molar-refractivity contribution in [3.63, 3.8) is 0 Å². The van der Waals surface area contributed by atoms with Crippen LogP contribution >= 0.6 is 0 Å². The van der Waals surface area contributed by atoms with Crippen LogP contribution in [0.5, 0.6) is 0 Å². The molecular weight excluding hydrogens is 362 g/mol. The minimum absolute atomic E-state index is 0.0185. The van der Waals surface area contributed by atoms with Crippen LogP contribution in [0.1, 0.15) is 39.0 Å². The van der Waals surface area contributed by atoms with Gasteiger partial charge in [0.25, 0.3) is 5.09 Å². The Balaban J connectivity index is 0.000000713. The third-order valence-electron chi connectivity index (χ3n) is 3.61. The monoisotopic (exact) mass is 389 g/mol. The highest BCUT2D eigenvalue weighted by molar-refractivity contribution is 5.89. The number of amides is 1. The van der Waals surface area contributed by atoms with Crippen LogP contribution in [0.2, 0.25) is 0 Å². The van der Waals surface area contributed by atoms with Crippen molar-refractivity contribution in [1.29, 1.82) is 0 Å². The second-order valence-corrected chi connectivity index (χ2v) is 5.85. The molecule has 0 spiro atoms. The van der Waals surface area contributed by atoms with E-state index in [1.807, 2.05) is 0 Å². The molecule has 11 nitrogen and oxygen atoms in total. The van der Waals surface area contributed by atoms with E-state index in [0.29, 0.717) is 18.6 Å². The molecule has 1 heterocycles. The Labute approximate surface area is 157 Å². The van der Waals surface area contributed by atoms with E-state index in [0.717, 1.165) is 38.9 Å². The molecule has 1 aliphatic heterocycles. The number of nitrogens with one attached hydrogen (secondary N) is 1. The van der Waals surface area contributed by atoms with Gasteiger partial charge in [-0.15, -0.1) is 10.1 Å². The van der Waals surface area contributed by atoms with Crippen molar-refractivity contribution in [1.82, 2.24) is 10.2 Å². The molecule has 1 amide bonds. The highest BCUT2D eigenvalue weighted by Crippen LogP contribution is 2.10. The summed E-state index contributed by atoms with van der Waals surface area (Å²) in [5, 5.41) is 27.7. The lowest BCUT2D eigenvalue weighted by Gasteiger charge is -2.32. The fraction of sp³-hybridized carbons (Fsp3) is 0.688. The molecule has 0 saturated carbocycles. The van der Waals surface area contributed by atoms with Crippen molar-refractivity contribution in [2.24, 2.45) is 0 Å². The molecule has 0 unspecified atom stereocenters. The molecule has 0 atom stereocenters. The van der Waals surface area contributed by atoms with Crippen LogP contribution in [0, 0.1) is 10.1 Å². The molecule has 0 aromatic carbocycles. The third kappa shape index (κ3) is 15.3. The van der Waals surface area contributed by atoms with Gasteiger partial charge < -0.3 is 25.3 Å². The van der Waals surface area contributed by atoms with Gasteiger partial charge in [0.05, 0.1) is 6.61 Å². The zero-order chi connectivity index (χ0) is 20.7. The van der Waals surface area contributed by atoms with Crippen molar-refractivity contribution < 1.29 is 34.5 Å². The van der Waals surface area contributed by atoms with E-state index < -0.39 is 17.0 Å². The van der Waals surface area contributed by atoms with Crippen LogP contribution in [0.4, 0.5) is 0 Å². The summed E-state index contributed by atoms with van der Waals surface area (Å²) in [5.41, 5.74) is 0. The lowest BCUT2D eigenvalue weighted by atomic mass is 10.0. The lowest BCUT2D eigenvalue weighted by Crippen LogP contribution is -2.44. The standard InChI is InChI=1S/C12H23N3O4.C4H4O4/c1-2-7-14-8-5-11(6-9-14)13-12(16)4-3-10-19-15(17)18;5-3(6)1-2-4(7)8/h11H,2-10H2,1H3,(H,13,16);1-2H,(H,5,6)(H,7,8)/b;2-1+. The van der Waals surface area contributed by atoms with Crippen molar-refractivity contribution >= 4 is 17.8 Å². The summed E-state index contributed by atoms with van der Waals surface area (Å²) < 4.78 is 0. The fourth-order valence-electron chi connectivity index (χ4n) is 2.43. The average molecular weight is 389 g/mol. The van der Waals surface area contributed by atoms with Gasteiger partial charge in [0.2, 0.25) is 5.91 Å². The van der Waals surface area contributed by atoms with Crippen LogP contribution in [0.3, 0.4) is 0 Å². The Morgan fingerprint density at radius 2 is 1.78 bits per heavy atom. The molecule has 11 heteroatoms. The Morgan fingerprint density at radius 1 is 1.22 bits per heavy atom. The molecule has 0 bridgehead atoms. The number of hydrogen-bond donors (Lipinski definition) is 3. The van der Waals surface area contributed by atoms with E-state index in [1.165, 1.54) is 0 Å². The van der Waals surface area contributed by atoms with E-state index in [-0.39, 0.29) is 25.0 Å². The maximum atomic E-state index is 11.6. The summed E-state index contributed by atoms with van der Waals surface area (Å²) in [7, 11) is 0. The number of piperidine rings is 1. The second kappa shape index (κ2) is 14.5. The summed E-state index contributed by atoms with van der Waals surface area (Å²) >= 11 is 0. The number of nitrogens with zero attached hydrogens (tertiary/aromatic N) is 2.